The van der Waals surface area contributed by atoms with Crippen molar-refractivity contribution in [3.05, 3.63) is 100 Å². The van der Waals surface area contributed by atoms with E-state index in [0.29, 0.717) is 16.2 Å². The van der Waals surface area contributed by atoms with E-state index in [-0.39, 0.29) is 11.4 Å². The van der Waals surface area contributed by atoms with E-state index in [0.717, 1.165) is 18.5 Å². The topological polar surface area (TPSA) is 79.3 Å². The third kappa shape index (κ3) is 5.07. The Bertz CT molecular complexity index is 1060. The fourth-order valence-corrected chi connectivity index (χ4v) is 3.32. The number of para-hydroxylation sites is 1. The van der Waals surface area contributed by atoms with E-state index in [4.69, 9.17) is 12.2 Å². The number of thiocarbonyl (C=S) groups is 1. The fourth-order valence-electron chi connectivity index (χ4n) is 3.00. The van der Waals surface area contributed by atoms with Crippen molar-refractivity contribution >= 4 is 40.0 Å². The van der Waals surface area contributed by atoms with Crippen molar-refractivity contribution in [3.63, 3.8) is 0 Å². The lowest BCUT2D eigenvalue weighted by molar-refractivity contribution is -0.575. The Morgan fingerprint density at radius 3 is 2.27 bits per heavy atom. The maximum atomic E-state index is 11.0. The molecule has 1 aromatic heterocycles. The van der Waals surface area contributed by atoms with Crippen molar-refractivity contribution in [1.82, 2.24) is 0 Å². The molecule has 0 radical (unpaired) electrons. The van der Waals surface area contributed by atoms with Gasteiger partial charge in [0.05, 0.1) is 4.92 Å². The van der Waals surface area contributed by atoms with E-state index in [2.05, 4.69) is 12.2 Å². The Labute approximate surface area is 180 Å². The van der Waals surface area contributed by atoms with Gasteiger partial charge in [-0.3, -0.25) is 10.1 Å². The summed E-state index contributed by atoms with van der Waals surface area (Å²) in [6.45, 7) is 2.12. The molecule has 3 rings (SSSR count). The van der Waals surface area contributed by atoms with Crippen LogP contribution in [0.3, 0.4) is 0 Å². The number of hydrogen-bond acceptors (Lipinski definition) is 4. The maximum Gasteiger partial charge on any atom is 0.288 e. The predicted octanol–water partition coefficient (Wildman–Crippen LogP) is 5.16. The summed E-state index contributed by atoms with van der Waals surface area (Å²) in [5.74, 6) is -0.0772. The van der Waals surface area contributed by atoms with Crippen molar-refractivity contribution in [1.29, 1.82) is 0 Å². The molecule has 0 saturated carbocycles. The SMILES string of the molecule is CCCc1cc[n+](/C(C(=S)Nc2ccccc2)=C(\O)c2ccc([N+](=O)[O-])cc2)cc1. The number of anilines is 1. The highest BCUT2D eigenvalue weighted by atomic mass is 32.1. The summed E-state index contributed by atoms with van der Waals surface area (Å²) in [4.78, 5) is 10.8. The predicted molar refractivity (Wildman–Crippen MR) is 122 cm³/mol. The smallest absolute Gasteiger partial charge is 0.288 e. The van der Waals surface area contributed by atoms with Crippen LogP contribution in [-0.4, -0.2) is 15.0 Å². The van der Waals surface area contributed by atoms with Crippen molar-refractivity contribution in [2.24, 2.45) is 0 Å². The summed E-state index contributed by atoms with van der Waals surface area (Å²) in [7, 11) is 0. The van der Waals surface area contributed by atoms with Crippen molar-refractivity contribution < 1.29 is 14.6 Å². The van der Waals surface area contributed by atoms with Gasteiger partial charge < -0.3 is 10.4 Å². The zero-order valence-corrected chi connectivity index (χ0v) is 17.3. The molecule has 1 heterocycles. The normalized spacial score (nSPS) is 11.5. The quantitative estimate of drug-likeness (QED) is 0.138. The summed E-state index contributed by atoms with van der Waals surface area (Å²) in [5, 5.41) is 25.1. The minimum Gasteiger partial charge on any atom is -0.502 e. The van der Waals surface area contributed by atoms with Gasteiger partial charge >= 0.3 is 0 Å². The van der Waals surface area contributed by atoms with Crippen molar-refractivity contribution in [2.75, 3.05) is 5.32 Å². The second kappa shape index (κ2) is 9.76. The number of aliphatic hydroxyl groups excluding tert-OH is 1. The Balaban J connectivity index is 2.04. The zero-order valence-electron chi connectivity index (χ0n) is 16.5. The van der Waals surface area contributed by atoms with Gasteiger partial charge in [0.15, 0.2) is 23.1 Å². The van der Waals surface area contributed by atoms with Gasteiger partial charge in [-0.05, 0) is 36.2 Å². The monoisotopic (exact) mass is 420 g/mol. The molecule has 2 N–H and O–H groups in total. The minimum atomic E-state index is -0.478. The van der Waals surface area contributed by atoms with Gasteiger partial charge in [-0.15, -0.1) is 0 Å². The lowest BCUT2D eigenvalue weighted by Crippen LogP contribution is -2.38. The second-order valence-electron chi connectivity index (χ2n) is 6.69. The Hall–Kier alpha value is -3.58. The van der Waals surface area contributed by atoms with Crippen LogP contribution in [0, 0.1) is 10.1 Å². The lowest BCUT2D eigenvalue weighted by atomic mass is 10.1. The molecule has 0 saturated heterocycles. The number of nitro groups is 1. The fraction of sp³-hybridized carbons (Fsp3) is 0.130. The number of hydrogen-bond donors (Lipinski definition) is 2. The van der Waals surface area contributed by atoms with Crippen LogP contribution in [0.2, 0.25) is 0 Å². The molecule has 3 aromatic rings. The molecule has 0 fully saturated rings. The standard InChI is InChI=1S/C23H21N3O3S/c1-2-6-17-13-15-25(16-14-17)21(23(30)24-19-7-4-3-5-8-19)22(27)18-9-11-20(12-10-18)26(28)29/h3-5,7-16H,2,6H2,1H3,(H-,24,27,30)/p+1. The molecule has 0 aliphatic carbocycles. The lowest BCUT2D eigenvalue weighted by Gasteiger charge is -2.10. The Kier molecular flexibility index (Phi) is 6.87. The van der Waals surface area contributed by atoms with E-state index in [1.54, 1.807) is 4.57 Å². The molecule has 0 amide bonds. The van der Waals surface area contributed by atoms with Crippen molar-refractivity contribution in [3.8, 4) is 0 Å². The number of pyridine rings is 1. The molecule has 6 nitrogen and oxygen atoms in total. The van der Waals surface area contributed by atoms with E-state index in [1.807, 2.05) is 54.9 Å². The first kappa shape index (κ1) is 21.1. The highest BCUT2D eigenvalue weighted by Crippen LogP contribution is 2.21. The average molecular weight is 421 g/mol. The van der Waals surface area contributed by atoms with Crippen LogP contribution in [0.15, 0.2) is 79.1 Å². The highest BCUT2D eigenvalue weighted by molar-refractivity contribution is 7.81. The number of nitro benzene ring substituents is 1. The summed E-state index contributed by atoms with van der Waals surface area (Å²) in [5.41, 5.74) is 2.74. The zero-order chi connectivity index (χ0) is 21.5. The molecule has 7 heteroatoms. The number of nitrogens with zero attached hydrogens (tertiary/aromatic N) is 2. The molecule has 0 spiro atoms. The van der Waals surface area contributed by atoms with Gasteiger partial charge in [0.2, 0.25) is 0 Å². The molecule has 0 aliphatic rings. The van der Waals surface area contributed by atoms with Crippen LogP contribution in [-0.2, 0) is 6.42 Å². The molecule has 0 bridgehead atoms. The van der Waals surface area contributed by atoms with Gasteiger partial charge in [0.25, 0.3) is 11.4 Å². The largest absolute Gasteiger partial charge is 0.502 e. The van der Waals surface area contributed by atoms with Gasteiger partial charge in [-0.1, -0.05) is 43.8 Å². The van der Waals surface area contributed by atoms with E-state index in [9.17, 15) is 15.2 Å². The summed E-state index contributed by atoms with van der Waals surface area (Å²) in [6, 6.07) is 19.1. The summed E-state index contributed by atoms with van der Waals surface area (Å²) < 4.78 is 1.74. The first-order chi connectivity index (χ1) is 14.5. The molecule has 2 aromatic carbocycles. The van der Waals surface area contributed by atoms with Crippen LogP contribution < -0.4 is 9.88 Å². The summed E-state index contributed by atoms with van der Waals surface area (Å²) in [6.07, 6.45) is 5.69. The van der Waals surface area contributed by atoms with Crippen LogP contribution in [0.25, 0.3) is 11.5 Å². The summed E-state index contributed by atoms with van der Waals surface area (Å²) >= 11 is 5.61. The van der Waals surface area contributed by atoms with Crippen LogP contribution >= 0.6 is 12.2 Å². The molecular weight excluding hydrogens is 398 g/mol. The van der Waals surface area contributed by atoms with E-state index < -0.39 is 4.92 Å². The Morgan fingerprint density at radius 2 is 1.70 bits per heavy atom. The second-order valence-corrected chi connectivity index (χ2v) is 7.09. The number of rotatable bonds is 7. The van der Waals surface area contributed by atoms with E-state index >= 15 is 0 Å². The number of aryl methyl sites for hydroxylation is 1. The third-order valence-electron chi connectivity index (χ3n) is 4.52. The first-order valence-electron chi connectivity index (χ1n) is 9.54. The number of aliphatic hydroxyl groups is 1. The molecule has 0 unspecified atom stereocenters. The molecular formula is C23H22N3O3S+. The van der Waals surface area contributed by atoms with Crippen LogP contribution in [0.1, 0.15) is 24.5 Å². The molecule has 152 valence electrons. The number of benzene rings is 2. The third-order valence-corrected chi connectivity index (χ3v) is 4.81. The van der Waals surface area contributed by atoms with Crippen molar-refractivity contribution in [2.45, 2.75) is 19.8 Å². The molecule has 0 atom stereocenters. The molecule has 30 heavy (non-hydrogen) atoms. The van der Waals surface area contributed by atoms with Gasteiger partial charge in [-0.2, -0.15) is 4.57 Å². The number of aromatic nitrogens is 1. The first-order valence-corrected chi connectivity index (χ1v) is 9.95. The maximum absolute atomic E-state index is 11.0. The van der Waals surface area contributed by atoms with Gasteiger partial charge in [0, 0.05) is 35.5 Å². The average Bonchev–Trinajstić information content (AvgIpc) is 2.76. The van der Waals surface area contributed by atoms with Gasteiger partial charge in [-0.25, -0.2) is 0 Å². The number of nitrogens with one attached hydrogen (secondary N) is 1. The Morgan fingerprint density at radius 1 is 1.07 bits per heavy atom. The van der Waals surface area contributed by atoms with Crippen LogP contribution in [0.4, 0.5) is 11.4 Å². The highest BCUT2D eigenvalue weighted by Gasteiger charge is 2.24. The van der Waals surface area contributed by atoms with Gasteiger partial charge in [0.1, 0.15) is 0 Å². The van der Waals surface area contributed by atoms with E-state index in [1.165, 1.54) is 29.8 Å². The molecule has 0 aliphatic heterocycles. The minimum absolute atomic E-state index is 0.0466. The number of non-ortho nitro benzene ring substituents is 1. The van der Waals surface area contributed by atoms with Crippen LogP contribution in [0.5, 0.6) is 0 Å².